The number of aromatic nitrogens is 1. The summed E-state index contributed by atoms with van der Waals surface area (Å²) in [6.07, 6.45) is 0.996. The first-order valence-electron chi connectivity index (χ1n) is 11.2. The number of hydrogen-bond donors (Lipinski definition) is 1. The van der Waals surface area contributed by atoms with Gasteiger partial charge in [-0.1, -0.05) is 12.1 Å². The van der Waals surface area contributed by atoms with E-state index in [2.05, 4.69) is 9.62 Å². The molecule has 2 aromatic carbocycles. The van der Waals surface area contributed by atoms with Gasteiger partial charge in [0.1, 0.15) is 17.3 Å². The van der Waals surface area contributed by atoms with E-state index in [1.54, 1.807) is 34.9 Å². The number of methoxy groups -OCH3 is 1. The number of sulfonamides is 1. The van der Waals surface area contributed by atoms with Crippen LogP contribution in [0.1, 0.15) is 23.6 Å². The number of nitrogens with zero attached hydrogens (tertiary/aromatic N) is 2. The number of nitrogens with one attached hydrogen (secondary N) is 1. The third-order valence-corrected chi connectivity index (χ3v) is 7.99. The number of benzene rings is 2. The van der Waals surface area contributed by atoms with E-state index in [4.69, 9.17) is 4.74 Å². The topological polar surface area (TPSA) is 80.6 Å². The van der Waals surface area contributed by atoms with Gasteiger partial charge in [-0.25, -0.2) is 12.8 Å². The Kier molecular flexibility index (Phi) is 5.91. The summed E-state index contributed by atoms with van der Waals surface area (Å²) in [4.78, 5) is 15.6. The highest BCUT2D eigenvalue weighted by molar-refractivity contribution is 7.92. The second kappa shape index (κ2) is 8.88. The second-order valence-electron chi connectivity index (χ2n) is 8.99. The molecule has 0 radical (unpaired) electrons. The molecule has 2 aliphatic heterocycles. The van der Waals surface area contributed by atoms with Gasteiger partial charge in [-0.2, -0.15) is 0 Å². The zero-order valence-electron chi connectivity index (χ0n) is 18.8. The fourth-order valence-corrected chi connectivity index (χ4v) is 6.12. The van der Waals surface area contributed by atoms with E-state index in [1.165, 1.54) is 31.4 Å². The minimum absolute atomic E-state index is 0.0442. The van der Waals surface area contributed by atoms with Crippen molar-refractivity contribution in [3.05, 3.63) is 88.1 Å². The van der Waals surface area contributed by atoms with Crippen LogP contribution in [0.3, 0.4) is 0 Å². The molecule has 34 heavy (non-hydrogen) atoms. The molecule has 3 aromatic rings. The summed E-state index contributed by atoms with van der Waals surface area (Å²) < 4.78 is 48.1. The summed E-state index contributed by atoms with van der Waals surface area (Å²) in [6.45, 7) is 2.91. The lowest BCUT2D eigenvalue weighted by atomic mass is 9.83. The number of pyridine rings is 1. The molecule has 0 saturated carbocycles. The summed E-state index contributed by atoms with van der Waals surface area (Å²) in [5, 5.41) is 0. The lowest BCUT2D eigenvalue weighted by Gasteiger charge is -2.43. The molecule has 5 rings (SSSR count). The molecule has 7 nitrogen and oxygen atoms in total. The fraction of sp³-hybridized carbons (Fsp3) is 0.320. The van der Waals surface area contributed by atoms with E-state index in [0.29, 0.717) is 12.3 Å². The van der Waals surface area contributed by atoms with Gasteiger partial charge >= 0.3 is 0 Å². The molecule has 9 heteroatoms. The second-order valence-corrected chi connectivity index (χ2v) is 10.7. The van der Waals surface area contributed by atoms with Gasteiger partial charge in [-0.05, 0) is 66.4 Å². The monoisotopic (exact) mass is 483 g/mol. The average molecular weight is 484 g/mol. The average Bonchev–Trinajstić information content (AvgIpc) is 2.82. The predicted octanol–water partition coefficient (Wildman–Crippen LogP) is 3.42. The summed E-state index contributed by atoms with van der Waals surface area (Å²) >= 11 is 0. The van der Waals surface area contributed by atoms with Crippen molar-refractivity contribution in [3.63, 3.8) is 0 Å². The van der Waals surface area contributed by atoms with Gasteiger partial charge in [0, 0.05) is 37.8 Å². The summed E-state index contributed by atoms with van der Waals surface area (Å²) in [7, 11) is -2.40. The molecule has 178 valence electrons. The molecular weight excluding hydrogens is 457 g/mol. The molecule has 0 amide bonds. The number of anilines is 1. The van der Waals surface area contributed by atoms with E-state index in [-0.39, 0.29) is 33.8 Å². The van der Waals surface area contributed by atoms with Gasteiger partial charge in [0.25, 0.3) is 15.6 Å². The highest BCUT2D eigenvalue weighted by atomic mass is 32.2. The van der Waals surface area contributed by atoms with Gasteiger partial charge in [0.05, 0.1) is 12.0 Å². The Balaban J connectivity index is 1.36. The Labute approximate surface area is 197 Å². The molecule has 1 aromatic heterocycles. The number of piperidine rings is 1. The lowest BCUT2D eigenvalue weighted by molar-refractivity contribution is 0.114. The summed E-state index contributed by atoms with van der Waals surface area (Å²) in [5.41, 5.74) is 1.71. The molecule has 2 unspecified atom stereocenters. The maximum absolute atomic E-state index is 13.2. The van der Waals surface area contributed by atoms with Crippen LogP contribution < -0.4 is 15.0 Å². The van der Waals surface area contributed by atoms with E-state index < -0.39 is 10.0 Å². The molecule has 0 aliphatic carbocycles. The number of hydrogen-bond acceptors (Lipinski definition) is 5. The fourth-order valence-electron chi connectivity index (χ4n) is 5.06. The van der Waals surface area contributed by atoms with Gasteiger partial charge in [0.2, 0.25) is 0 Å². The number of likely N-dealkylation sites (tertiary alicyclic amines) is 1. The van der Waals surface area contributed by atoms with Crippen LogP contribution in [-0.2, 0) is 23.1 Å². The van der Waals surface area contributed by atoms with Crippen LogP contribution in [0.5, 0.6) is 5.75 Å². The van der Waals surface area contributed by atoms with Crippen molar-refractivity contribution in [3.8, 4) is 5.75 Å². The molecule has 1 saturated heterocycles. The van der Waals surface area contributed by atoms with Crippen molar-refractivity contribution in [2.75, 3.05) is 24.9 Å². The van der Waals surface area contributed by atoms with Gasteiger partial charge < -0.3 is 9.30 Å². The highest BCUT2D eigenvalue weighted by Gasteiger charge is 2.35. The molecule has 0 spiro atoms. The smallest absolute Gasteiger partial charge is 0.275 e. The van der Waals surface area contributed by atoms with Crippen LogP contribution in [0, 0.1) is 11.7 Å². The van der Waals surface area contributed by atoms with Crippen molar-refractivity contribution < 1.29 is 17.5 Å². The van der Waals surface area contributed by atoms with E-state index >= 15 is 0 Å². The maximum atomic E-state index is 13.2. The third kappa shape index (κ3) is 4.45. The van der Waals surface area contributed by atoms with Crippen molar-refractivity contribution in [2.24, 2.45) is 5.92 Å². The lowest BCUT2D eigenvalue weighted by Crippen LogP contribution is -2.47. The minimum Gasteiger partial charge on any atom is -0.497 e. The third-order valence-electron chi connectivity index (χ3n) is 6.61. The Morgan fingerprint density at radius 2 is 1.74 bits per heavy atom. The van der Waals surface area contributed by atoms with Crippen LogP contribution in [0.15, 0.2) is 70.4 Å². The zero-order valence-corrected chi connectivity index (χ0v) is 19.6. The van der Waals surface area contributed by atoms with Crippen LogP contribution >= 0.6 is 0 Å². The molecule has 2 bridgehead atoms. The van der Waals surface area contributed by atoms with Crippen LogP contribution in [-0.4, -0.2) is 38.1 Å². The highest BCUT2D eigenvalue weighted by Crippen LogP contribution is 2.36. The standard InChI is InChI=1S/C25H26FN3O4S/c1-33-21-6-8-22(9-7-21)34(31,32)27-23-10-11-24-19-12-18(15-29(24)25(23)30)14-28(16-19)13-17-2-4-20(26)5-3-17/h2-11,18-19,27H,12-16H2,1H3. The van der Waals surface area contributed by atoms with Gasteiger partial charge in [0.15, 0.2) is 0 Å². The molecule has 3 heterocycles. The van der Waals surface area contributed by atoms with Crippen LogP contribution in [0.25, 0.3) is 0 Å². The van der Waals surface area contributed by atoms with Crippen molar-refractivity contribution in [1.29, 1.82) is 0 Å². The molecule has 1 N–H and O–H groups in total. The first-order chi connectivity index (χ1) is 16.3. The molecule has 2 aliphatic rings. The Morgan fingerprint density at radius 3 is 2.44 bits per heavy atom. The minimum atomic E-state index is -3.91. The first kappa shape index (κ1) is 22.6. The quantitative estimate of drug-likeness (QED) is 0.581. The SMILES string of the molecule is COc1ccc(S(=O)(=O)Nc2ccc3n(c2=O)CC2CC3CN(Cc3ccc(F)cc3)C2)cc1. The van der Waals surface area contributed by atoms with E-state index in [1.807, 2.05) is 6.07 Å². The maximum Gasteiger partial charge on any atom is 0.275 e. The Bertz CT molecular complexity index is 1350. The number of halogens is 1. The van der Waals surface area contributed by atoms with E-state index in [0.717, 1.165) is 37.3 Å². The largest absolute Gasteiger partial charge is 0.497 e. The van der Waals surface area contributed by atoms with Crippen molar-refractivity contribution in [2.45, 2.75) is 30.3 Å². The Morgan fingerprint density at radius 1 is 1.00 bits per heavy atom. The molecule has 2 atom stereocenters. The van der Waals surface area contributed by atoms with E-state index in [9.17, 15) is 17.6 Å². The summed E-state index contributed by atoms with van der Waals surface area (Å²) in [6, 6.07) is 16.0. The van der Waals surface area contributed by atoms with Gasteiger partial charge in [-0.3, -0.25) is 14.4 Å². The number of fused-ring (bicyclic) bond motifs is 4. The van der Waals surface area contributed by atoms with Crippen LogP contribution in [0.2, 0.25) is 0 Å². The molecular formula is C25H26FN3O4S. The van der Waals surface area contributed by atoms with Crippen molar-refractivity contribution in [1.82, 2.24) is 9.47 Å². The van der Waals surface area contributed by atoms with Crippen molar-refractivity contribution >= 4 is 15.7 Å². The zero-order chi connectivity index (χ0) is 23.9. The number of rotatable bonds is 6. The summed E-state index contributed by atoms with van der Waals surface area (Å²) in [5.74, 6) is 0.782. The van der Waals surface area contributed by atoms with Gasteiger partial charge in [-0.15, -0.1) is 0 Å². The van der Waals surface area contributed by atoms with Crippen LogP contribution in [0.4, 0.5) is 10.1 Å². The Hall–Kier alpha value is -3.17. The molecule has 1 fully saturated rings. The predicted molar refractivity (Wildman–Crippen MR) is 127 cm³/mol. The number of ether oxygens (including phenoxy) is 1. The normalized spacial score (nSPS) is 19.9. The first-order valence-corrected chi connectivity index (χ1v) is 12.7.